The minimum absolute atomic E-state index is 0.488. The maximum atomic E-state index is 10.9. The predicted molar refractivity (Wildman–Crippen MR) is 61.6 cm³/mol. The monoisotopic (exact) mass is 223 g/mol. The van der Waals surface area contributed by atoms with Gasteiger partial charge in [-0.05, 0) is 44.0 Å². The van der Waals surface area contributed by atoms with Crippen molar-refractivity contribution in [1.82, 2.24) is 0 Å². The average Bonchev–Trinajstić information content (AvgIpc) is 2.22. The number of aryl methyl sites for hydroxylation is 2. The Kier molecular flexibility index (Phi) is 3.90. The number of hydrogen-bond acceptors (Lipinski definition) is 3. The molecule has 0 radical (unpaired) electrons. The minimum atomic E-state index is -1.05. The second kappa shape index (κ2) is 4.99. The smallest absolute Gasteiger partial charge is 0.325 e. The summed E-state index contributed by atoms with van der Waals surface area (Å²) in [6, 6.07) is 2.57. The van der Waals surface area contributed by atoms with Gasteiger partial charge in [-0.25, -0.2) is 0 Å². The first-order valence-corrected chi connectivity index (χ1v) is 5.19. The third-order valence-corrected chi connectivity index (χ3v) is 2.53. The summed E-state index contributed by atoms with van der Waals surface area (Å²) in [6.07, 6.45) is 0. The zero-order valence-electron chi connectivity index (χ0n) is 9.78. The average molecular weight is 223 g/mol. The number of benzene rings is 1. The van der Waals surface area contributed by atoms with E-state index in [4.69, 9.17) is 15.6 Å². The molecule has 0 aliphatic carbocycles. The minimum Gasteiger partial charge on any atom is -0.494 e. The number of carbonyl (C=O) groups is 1. The lowest BCUT2D eigenvalue weighted by Crippen LogP contribution is -2.21. The van der Waals surface area contributed by atoms with E-state index in [9.17, 15) is 4.79 Å². The van der Waals surface area contributed by atoms with E-state index < -0.39 is 12.0 Å². The Balaban J connectivity index is 3.23. The molecule has 1 unspecified atom stereocenters. The van der Waals surface area contributed by atoms with Crippen molar-refractivity contribution in [2.75, 3.05) is 6.61 Å². The number of nitrogens with two attached hydrogens (primary N) is 1. The second-order valence-electron chi connectivity index (χ2n) is 3.72. The molecule has 1 rings (SSSR count). The Morgan fingerprint density at radius 2 is 2.00 bits per heavy atom. The summed E-state index contributed by atoms with van der Waals surface area (Å²) in [6.45, 7) is 6.21. The van der Waals surface area contributed by atoms with E-state index in [1.54, 1.807) is 6.07 Å². The molecule has 0 amide bonds. The fourth-order valence-electron chi connectivity index (χ4n) is 1.47. The van der Waals surface area contributed by atoms with Gasteiger partial charge >= 0.3 is 5.97 Å². The Labute approximate surface area is 95.0 Å². The van der Waals surface area contributed by atoms with Gasteiger partial charge in [0, 0.05) is 5.56 Å². The summed E-state index contributed by atoms with van der Waals surface area (Å²) in [5.41, 5.74) is 8.20. The first kappa shape index (κ1) is 12.5. The van der Waals surface area contributed by atoms with Crippen molar-refractivity contribution in [1.29, 1.82) is 0 Å². The van der Waals surface area contributed by atoms with Crippen molar-refractivity contribution in [2.45, 2.75) is 26.8 Å². The van der Waals surface area contributed by atoms with Crippen molar-refractivity contribution < 1.29 is 14.6 Å². The maximum Gasteiger partial charge on any atom is 0.325 e. The second-order valence-corrected chi connectivity index (χ2v) is 3.72. The van der Waals surface area contributed by atoms with Gasteiger partial charge in [0.2, 0.25) is 0 Å². The molecular weight excluding hydrogens is 206 g/mol. The van der Waals surface area contributed by atoms with Gasteiger partial charge < -0.3 is 15.6 Å². The molecule has 1 atom stereocenters. The lowest BCUT2D eigenvalue weighted by molar-refractivity contribution is -0.138. The van der Waals surface area contributed by atoms with E-state index in [1.165, 1.54) is 0 Å². The van der Waals surface area contributed by atoms with Crippen LogP contribution in [0.3, 0.4) is 0 Å². The van der Waals surface area contributed by atoms with Crippen LogP contribution in [-0.2, 0) is 4.79 Å². The molecule has 1 aromatic carbocycles. The van der Waals surface area contributed by atoms with Crippen LogP contribution in [-0.4, -0.2) is 17.7 Å². The van der Waals surface area contributed by atoms with Crippen LogP contribution in [0, 0.1) is 13.8 Å². The largest absolute Gasteiger partial charge is 0.494 e. The normalized spacial score (nSPS) is 12.2. The molecule has 88 valence electrons. The van der Waals surface area contributed by atoms with E-state index in [1.807, 2.05) is 26.8 Å². The zero-order valence-corrected chi connectivity index (χ0v) is 9.78. The summed E-state index contributed by atoms with van der Waals surface area (Å²) >= 11 is 0. The van der Waals surface area contributed by atoms with Crippen molar-refractivity contribution in [3.05, 3.63) is 28.8 Å². The Morgan fingerprint density at radius 1 is 1.44 bits per heavy atom. The van der Waals surface area contributed by atoms with Crippen molar-refractivity contribution in [2.24, 2.45) is 5.73 Å². The van der Waals surface area contributed by atoms with Crippen LogP contribution >= 0.6 is 0 Å². The van der Waals surface area contributed by atoms with Gasteiger partial charge in [0.1, 0.15) is 11.8 Å². The SMILES string of the molecule is CCOc1cc(C)c(C)cc1C(N)C(=O)O. The maximum absolute atomic E-state index is 10.9. The molecule has 0 bridgehead atoms. The Bertz CT molecular complexity index is 401. The molecule has 0 aliphatic rings. The van der Waals surface area contributed by atoms with Crippen LogP contribution in [0.4, 0.5) is 0 Å². The first-order valence-electron chi connectivity index (χ1n) is 5.19. The summed E-state index contributed by atoms with van der Waals surface area (Å²) in [5.74, 6) is -0.496. The molecule has 0 fully saturated rings. The fourth-order valence-corrected chi connectivity index (χ4v) is 1.47. The highest BCUT2D eigenvalue weighted by Gasteiger charge is 2.19. The van der Waals surface area contributed by atoms with Crippen LogP contribution in [0.1, 0.15) is 29.7 Å². The standard InChI is InChI=1S/C12H17NO3/c1-4-16-10-6-8(3)7(2)5-9(10)11(13)12(14)15/h5-6,11H,4,13H2,1-3H3,(H,14,15). The van der Waals surface area contributed by atoms with Gasteiger partial charge in [0.25, 0.3) is 0 Å². The molecule has 0 aromatic heterocycles. The summed E-state index contributed by atoms with van der Waals surface area (Å²) in [4.78, 5) is 10.9. The highest BCUT2D eigenvalue weighted by Crippen LogP contribution is 2.27. The van der Waals surface area contributed by atoms with Crippen LogP contribution in [0.2, 0.25) is 0 Å². The molecule has 0 spiro atoms. The quantitative estimate of drug-likeness (QED) is 0.816. The van der Waals surface area contributed by atoms with Gasteiger partial charge in [0.15, 0.2) is 0 Å². The summed E-state index contributed by atoms with van der Waals surface area (Å²) in [5, 5.41) is 8.91. The summed E-state index contributed by atoms with van der Waals surface area (Å²) in [7, 11) is 0. The van der Waals surface area contributed by atoms with Crippen LogP contribution in [0.25, 0.3) is 0 Å². The third-order valence-electron chi connectivity index (χ3n) is 2.53. The molecule has 0 saturated carbocycles. The topological polar surface area (TPSA) is 72.5 Å². The predicted octanol–water partition coefficient (Wildman–Crippen LogP) is 1.79. The van der Waals surface area contributed by atoms with E-state index >= 15 is 0 Å². The number of hydrogen-bond donors (Lipinski definition) is 2. The van der Waals surface area contributed by atoms with Gasteiger partial charge in [0.05, 0.1) is 6.61 Å². The first-order chi connectivity index (χ1) is 7.47. The van der Waals surface area contributed by atoms with Crippen molar-refractivity contribution in [3.63, 3.8) is 0 Å². The number of rotatable bonds is 4. The number of aliphatic carboxylic acids is 1. The molecule has 4 nitrogen and oxygen atoms in total. The molecule has 4 heteroatoms. The van der Waals surface area contributed by atoms with Crippen molar-refractivity contribution >= 4 is 5.97 Å². The highest BCUT2D eigenvalue weighted by atomic mass is 16.5. The van der Waals surface area contributed by atoms with Crippen molar-refractivity contribution in [3.8, 4) is 5.75 Å². The van der Waals surface area contributed by atoms with Gasteiger partial charge in [-0.3, -0.25) is 4.79 Å². The molecule has 3 N–H and O–H groups in total. The van der Waals surface area contributed by atoms with Crippen LogP contribution in [0.5, 0.6) is 5.75 Å². The number of ether oxygens (including phenoxy) is 1. The van der Waals surface area contributed by atoms with E-state index in [-0.39, 0.29) is 0 Å². The van der Waals surface area contributed by atoms with Gasteiger partial charge in [-0.2, -0.15) is 0 Å². The Morgan fingerprint density at radius 3 is 2.50 bits per heavy atom. The molecule has 0 heterocycles. The van der Waals surface area contributed by atoms with Crippen LogP contribution < -0.4 is 10.5 Å². The molecular formula is C12H17NO3. The lowest BCUT2D eigenvalue weighted by atomic mass is 10.00. The molecule has 0 aliphatic heterocycles. The third kappa shape index (κ3) is 2.52. The van der Waals surface area contributed by atoms with Gasteiger partial charge in [-0.15, -0.1) is 0 Å². The fraction of sp³-hybridized carbons (Fsp3) is 0.417. The lowest BCUT2D eigenvalue weighted by Gasteiger charge is -2.15. The number of carboxylic acids is 1. The summed E-state index contributed by atoms with van der Waals surface area (Å²) < 4.78 is 5.40. The highest BCUT2D eigenvalue weighted by molar-refractivity contribution is 5.76. The zero-order chi connectivity index (χ0) is 12.3. The molecule has 16 heavy (non-hydrogen) atoms. The Hall–Kier alpha value is -1.55. The number of carboxylic acid groups (broad SMARTS) is 1. The van der Waals surface area contributed by atoms with E-state index in [0.717, 1.165) is 11.1 Å². The molecule has 1 aromatic rings. The molecule has 0 saturated heterocycles. The van der Waals surface area contributed by atoms with E-state index in [2.05, 4.69) is 0 Å². The van der Waals surface area contributed by atoms with Gasteiger partial charge in [-0.1, -0.05) is 0 Å². The van der Waals surface area contributed by atoms with E-state index in [0.29, 0.717) is 17.9 Å². The van der Waals surface area contributed by atoms with Crippen LogP contribution in [0.15, 0.2) is 12.1 Å².